The first-order valence-electron chi connectivity index (χ1n) is 3.72. The fourth-order valence-corrected chi connectivity index (χ4v) is 2.44. The number of alkyl halides is 2. The van der Waals surface area contributed by atoms with Crippen molar-refractivity contribution in [2.45, 2.75) is 6.42 Å². The van der Waals surface area contributed by atoms with E-state index in [9.17, 15) is 0 Å². The van der Waals surface area contributed by atoms with Gasteiger partial charge in [0, 0.05) is 24.1 Å². The molecule has 1 rings (SSSR count). The largest absolute Gasteiger partial charge is 0.253 e. The van der Waals surface area contributed by atoms with E-state index in [1.54, 1.807) is 6.33 Å². The fraction of sp³-hybridized carbons (Fsp3) is 0.714. The number of aryl methyl sites for hydroxylation is 1. The Morgan fingerprint density at radius 1 is 1.50 bits per heavy atom. The molecule has 0 aromatic carbocycles. The van der Waals surface area contributed by atoms with Crippen molar-refractivity contribution in [3.05, 3.63) is 12.2 Å². The molecule has 3 nitrogen and oxygen atoms in total. The first-order chi connectivity index (χ1) is 5.77. The van der Waals surface area contributed by atoms with Crippen LogP contribution >= 0.6 is 31.9 Å². The highest BCUT2D eigenvalue weighted by Crippen LogP contribution is 2.11. The first kappa shape index (κ1) is 10.2. The molecule has 0 aliphatic carbocycles. The van der Waals surface area contributed by atoms with E-state index in [1.165, 1.54) is 0 Å². The van der Waals surface area contributed by atoms with Crippen LogP contribution < -0.4 is 0 Å². The highest BCUT2D eigenvalue weighted by molar-refractivity contribution is 9.09. The number of hydrogen-bond acceptors (Lipinski definition) is 2. The third-order valence-electron chi connectivity index (χ3n) is 1.71. The van der Waals surface area contributed by atoms with Crippen molar-refractivity contribution < 1.29 is 0 Å². The summed E-state index contributed by atoms with van der Waals surface area (Å²) in [6, 6.07) is 0. The Bertz CT molecular complexity index is 232. The minimum Gasteiger partial charge on any atom is -0.253 e. The SMILES string of the molecule is Cn1ncnc1CC(CBr)CBr. The van der Waals surface area contributed by atoms with E-state index in [4.69, 9.17) is 0 Å². The molecule has 0 fully saturated rings. The quantitative estimate of drug-likeness (QED) is 0.793. The maximum Gasteiger partial charge on any atom is 0.138 e. The molecule has 0 radical (unpaired) electrons. The van der Waals surface area contributed by atoms with Gasteiger partial charge in [-0.25, -0.2) is 4.98 Å². The van der Waals surface area contributed by atoms with Gasteiger partial charge < -0.3 is 0 Å². The van der Waals surface area contributed by atoms with Crippen LogP contribution in [-0.4, -0.2) is 25.4 Å². The molecule has 1 heterocycles. The Morgan fingerprint density at radius 3 is 2.58 bits per heavy atom. The predicted molar refractivity (Wildman–Crippen MR) is 55.8 cm³/mol. The summed E-state index contributed by atoms with van der Waals surface area (Å²) in [5.74, 6) is 1.63. The molecule has 0 unspecified atom stereocenters. The molecule has 0 aliphatic heterocycles. The van der Waals surface area contributed by atoms with Gasteiger partial charge in [0.2, 0.25) is 0 Å². The molecule has 5 heteroatoms. The van der Waals surface area contributed by atoms with Crippen LogP contribution in [0.15, 0.2) is 6.33 Å². The monoisotopic (exact) mass is 295 g/mol. The highest BCUT2D eigenvalue weighted by Gasteiger charge is 2.09. The van der Waals surface area contributed by atoms with E-state index < -0.39 is 0 Å². The molecule has 1 aromatic rings. The maximum absolute atomic E-state index is 4.16. The van der Waals surface area contributed by atoms with Gasteiger partial charge in [0.05, 0.1) is 0 Å². The second-order valence-corrected chi connectivity index (χ2v) is 3.97. The van der Waals surface area contributed by atoms with Crippen molar-refractivity contribution in [1.29, 1.82) is 0 Å². The van der Waals surface area contributed by atoms with E-state index in [2.05, 4.69) is 41.9 Å². The summed E-state index contributed by atoms with van der Waals surface area (Å²) in [6.07, 6.45) is 2.56. The van der Waals surface area contributed by atoms with Gasteiger partial charge in [0.15, 0.2) is 0 Å². The zero-order valence-electron chi connectivity index (χ0n) is 6.87. The third kappa shape index (κ3) is 2.55. The van der Waals surface area contributed by atoms with Crippen molar-refractivity contribution in [3.8, 4) is 0 Å². The molecule has 0 spiro atoms. The summed E-state index contributed by atoms with van der Waals surface area (Å²) in [5, 5.41) is 6.00. The second kappa shape index (κ2) is 4.97. The molecule has 0 bridgehead atoms. The normalized spacial score (nSPS) is 11.0. The zero-order valence-corrected chi connectivity index (χ0v) is 10.0. The predicted octanol–water partition coefficient (Wildman–Crippen LogP) is 1.76. The number of aromatic nitrogens is 3. The third-order valence-corrected chi connectivity index (χ3v) is 3.54. The highest BCUT2D eigenvalue weighted by atomic mass is 79.9. The number of hydrogen-bond donors (Lipinski definition) is 0. The Balaban J connectivity index is 2.56. The van der Waals surface area contributed by atoms with Crippen LogP contribution in [0.4, 0.5) is 0 Å². The van der Waals surface area contributed by atoms with Gasteiger partial charge in [-0.15, -0.1) is 0 Å². The Morgan fingerprint density at radius 2 is 2.17 bits per heavy atom. The lowest BCUT2D eigenvalue weighted by molar-refractivity contribution is 0.604. The number of halogens is 2. The lowest BCUT2D eigenvalue weighted by Crippen LogP contribution is -2.11. The molecule has 0 saturated carbocycles. The van der Waals surface area contributed by atoms with Gasteiger partial charge in [0.1, 0.15) is 12.2 Å². The summed E-state index contributed by atoms with van der Waals surface area (Å²) < 4.78 is 1.82. The lowest BCUT2D eigenvalue weighted by atomic mass is 10.1. The van der Waals surface area contributed by atoms with Crippen LogP contribution in [0, 0.1) is 5.92 Å². The van der Waals surface area contributed by atoms with Crippen molar-refractivity contribution in [1.82, 2.24) is 14.8 Å². The van der Waals surface area contributed by atoms with Crippen molar-refractivity contribution in [2.75, 3.05) is 10.7 Å². The topological polar surface area (TPSA) is 30.7 Å². The first-order valence-corrected chi connectivity index (χ1v) is 5.97. The Kier molecular flexibility index (Phi) is 4.21. The summed E-state index contributed by atoms with van der Waals surface area (Å²) in [4.78, 5) is 4.16. The van der Waals surface area contributed by atoms with Gasteiger partial charge in [-0.3, -0.25) is 4.68 Å². The van der Waals surface area contributed by atoms with E-state index in [-0.39, 0.29) is 0 Å². The average Bonchev–Trinajstić information content (AvgIpc) is 2.47. The standard InChI is InChI=1S/C7H11Br2N3/c1-12-7(10-5-11-12)2-6(3-8)4-9/h5-6H,2-4H2,1H3. The Labute approximate surface area is 88.8 Å². The number of nitrogens with zero attached hydrogens (tertiary/aromatic N) is 3. The van der Waals surface area contributed by atoms with Crippen LogP contribution in [0.3, 0.4) is 0 Å². The molecule has 0 aliphatic rings. The second-order valence-electron chi connectivity index (χ2n) is 2.68. The van der Waals surface area contributed by atoms with Crippen LogP contribution in [0.25, 0.3) is 0 Å². The number of rotatable bonds is 4. The smallest absolute Gasteiger partial charge is 0.138 e. The average molecular weight is 297 g/mol. The molecule has 0 N–H and O–H groups in total. The van der Waals surface area contributed by atoms with Crippen LogP contribution in [0.1, 0.15) is 5.82 Å². The molecular formula is C7H11Br2N3. The maximum atomic E-state index is 4.16. The van der Waals surface area contributed by atoms with Gasteiger partial charge in [-0.2, -0.15) is 5.10 Å². The van der Waals surface area contributed by atoms with Crippen molar-refractivity contribution >= 4 is 31.9 Å². The van der Waals surface area contributed by atoms with Crippen molar-refractivity contribution in [2.24, 2.45) is 13.0 Å². The van der Waals surface area contributed by atoms with E-state index in [1.807, 2.05) is 11.7 Å². The van der Waals surface area contributed by atoms with E-state index in [0.29, 0.717) is 5.92 Å². The zero-order chi connectivity index (χ0) is 8.97. The molecule has 0 amide bonds. The van der Waals surface area contributed by atoms with Crippen molar-refractivity contribution in [3.63, 3.8) is 0 Å². The van der Waals surface area contributed by atoms with E-state index in [0.717, 1.165) is 22.9 Å². The van der Waals surface area contributed by atoms with Gasteiger partial charge >= 0.3 is 0 Å². The summed E-state index contributed by atoms with van der Waals surface area (Å²) in [6.45, 7) is 0. The fourth-order valence-electron chi connectivity index (χ4n) is 0.913. The van der Waals surface area contributed by atoms with Gasteiger partial charge in [-0.1, -0.05) is 31.9 Å². The molecule has 68 valence electrons. The Hall–Kier alpha value is 0.100. The lowest BCUT2D eigenvalue weighted by Gasteiger charge is -2.08. The molecule has 12 heavy (non-hydrogen) atoms. The van der Waals surface area contributed by atoms with Gasteiger partial charge in [0.25, 0.3) is 0 Å². The summed E-state index contributed by atoms with van der Waals surface area (Å²) >= 11 is 6.92. The summed E-state index contributed by atoms with van der Waals surface area (Å²) in [5.41, 5.74) is 0. The van der Waals surface area contributed by atoms with E-state index >= 15 is 0 Å². The molecule has 0 atom stereocenters. The summed E-state index contributed by atoms with van der Waals surface area (Å²) in [7, 11) is 1.92. The van der Waals surface area contributed by atoms with Gasteiger partial charge in [-0.05, 0) is 5.92 Å². The molecular weight excluding hydrogens is 286 g/mol. The minimum absolute atomic E-state index is 0.591. The minimum atomic E-state index is 0.591. The van der Waals surface area contributed by atoms with Crippen LogP contribution in [-0.2, 0) is 13.5 Å². The molecule has 0 saturated heterocycles. The van der Waals surface area contributed by atoms with Crippen LogP contribution in [0.2, 0.25) is 0 Å². The van der Waals surface area contributed by atoms with Crippen LogP contribution in [0.5, 0.6) is 0 Å². The molecule has 1 aromatic heterocycles.